The van der Waals surface area contributed by atoms with Gasteiger partial charge in [0.1, 0.15) is 0 Å². The summed E-state index contributed by atoms with van der Waals surface area (Å²) in [6.45, 7) is 7.88. The number of morpholine rings is 1. The highest BCUT2D eigenvalue weighted by molar-refractivity contribution is 5.11. The van der Waals surface area contributed by atoms with E-state index in [0.717, 1.165) is 26.3 Å². The van der Waals surface area contributed by atoms with E-state index in [1.165, 1.54) is 5.56 Å². The number of hydrogen-bond donors (Lipinski definition) is 1. The van der Waals surface area contributed by atoms with Crippen LogP contribution in [0.2, 0.25) is 0 Å². The molecule has 84 valence electrons. The summed E-state index contributed by atoms with van der Waals surface area (Å²) in [6.07, 6.45) is 4.06. The van der Waals surface area contributed by atoms with Crippen LogP contribution in [0.4, 0.5) is 0 Å². The van der Waals surface area contributed by atoms with Gasteiger partial charge in [-0.05, 0) is 5.92 Å². The molecule has 1 aromatic heterocycles. The van der Waals surface area contributed by atoms with Gasteiger partial charge in [-0.2, -0.15) is 5.10 Å². The van der Waals surface area contributed by atoms with E-state index in [2.05, 4.69) is 30.5 Å². The molecule has 1 aliphatic heterocycles. The van der Waals surface area contributed by atoms with Crippen LogP contribution in [0.15, 0.2) is 12.4 Å². The molecule has 0 amide bonds. The van der Waals surface area contributed by atoms with Gasteiger partial charge in [0.15, 0.2) is 0 Å². The minimum Gasteiger partial charge on any atom is -0.378 e. The molecule has 1 saturated heterocycles. The minimum atomic E-state index is 0.319. The zero-order valence-electron chi connectivity index (χ0n) is 9.44. The maximum atomic E-state index is 5.43. The van der Waals surface area contributed by atoms with Crippen LogP contribution in [0.1, 0.15) is 25.5 Å². The third-order valence-corrected chi connectivity index (χ3v) is 2.53. The highest BCUT2D eigenvalue weighted by atomic mass is 16.5. The van der Waals surface area contributed by atoms with Crippen molar-refractivity contribution < 1.29 is 4.74 Å². The number of hydrogen-bond acceptors (Lipinski definition) is 3. The molecule has 2 rings (SSSR count). The van der Waals surface area contributed by atoms with Crippen LogP contribution in [0.25, 0.3) is 0 Å². The van der Waals surface area contributed by atoms with Crippen molar-refractivity contribution in [2.45, 2.75) is 26.4 Å². The minimum absolute atomic E-state index is 0.319. The van der Waals surface area contributed by atoms with Crippen molar-refractivity contribution in [2.24, 2.45) is 5.92 Å². The predicted molar refractivity (Wildman–Crippen MR) is 58.6 cm³/mol. The molecule has 0 aliphatic carbocycles. The van der Waals surface area contributed by atoms with Crippen LogP contribution in [0, 0.1) is 5.92 Å². The molecule has 1 atom stereocenters. The van der Waals surface area contributed by atoms with Crippen molar-refractivity contribution >= 4 is 0 Å². The van der Waals surface area contributed by atoms with Crippen molar-refractivity contribution in [1.82, 2.24) is 15.1 Å². The summed E-state index contributed by atoms with van der Waals surface area (Å²) >= 11 is 0. The molecule has 1 aliphatic rings. The van der Waals surface area contributed by atoms with Gasteiger partial charge in [-0.1, -0.05) is 13.8 Å². The summed E-state index contributed by atoms with van der Waals surface area (Å²) in [5.74, 6) is 0.633. The first kappa shape index (κ1) is 10.6. The number of nitrogens with one attached hydrogen (secondary N) is 1. The molecule has 0 bridgehead atoms. The number of nitrogens with zero attached hydrogens (tertiary/aromatic N) is 2. The first-order chi connectivity index (χ1) is 7.25. The first-order valence-electron chi connectivity index (χ1n) is 5.59. The van der Waals surface area contributed by atoms with Crippen molar-refractivity contribution in [3.8, 4) is 0 Å². The normalized spacial score (nSPS) is 22.2. The lowest BCUT2D eigenvalue weighted by Gasteiger charge is -2.22. The summed E-state index contributed by atoms with van der Waals surface area (Å²) in [5, 5.41) is 7.78. The molecule has 1 aromatic rings. The zero-order chi connectivity index (χ0) is 10.7. The fourth-order valence-electron chi connectivity index (χ4n) is 1.81. The lowest BCUT2D eigenvalue weighted by atomic mass is 10.1. The molecule has 4 nitrogen and oxygen atoms in total. The van der Waals surface area contributed by atoms with Crippen LogP contribution in [-0.2, 0) is 11.3 Å². The van der Waals surface area contributed by atoms with Crippen molar-refractivity contribution in [1.29, 1.82) is 0 Å². The van der Waals surface area contributed by atoms with Crippen LogP contribution in [0.3, 0.4) is 0 Å². The fourth-order valence-corrected chi connectivity index (χ4v) is 1.81. The molecule has 0 radical (unpaired) electrons. The summed E-state index contributed by atoms with van der Waals surface area (Å²) in [7, 11) is 0. The second-order valence-electron chi connectivity index (χ2n) is 4.47. The molecule has 1 N–H and O–H groups in total. The highest BCUT2D eigenvalue weighted by Crippen LogP contribution is 2.15. The van der Waals surface area contributed by atoms with Crippen LogP contribution >= 0.6 is 0 Å². The number of rotatable bonds is 3. The topological polar surface area (TPSA) is 39.1 Å². The number of ether oxygens (including phenoxy) is 1. The van der Waals surface area contributed by atoms with Crippen molar-refractivity contribution in [3.63, 3.8) is 0 Å². The van der Waals surface area contributed by atoms with Gasteiger partial charge in [0.05, 0.1) is 25.5 Å². The van der Waals surface area contributed by atoms with E-state index in [4.69, 9.17) is 4.74 Å². The summed E-state index contributed by atoms with van der Waals surface area (Å²) in [5.41, 5.74) is 1.23. The van der Waals surface area contributed by atoms with Crippen LogP contribution in [-0.4, -0.2) is 29.5 Å². The van der Waals surface area contributed by atoms with Gasteiger partial charge >= 0.3 is 0 Å². The Morgan fingerprint density at radius 2 is 2.53 bits per heavy atom. The standard InChI is InChI=1S/C11H19N3O/c1-9(2)6-14-7-10(5-13-14)11-8-15-4-3-12-11/h5,7,9,11-12H,3-4,6,8H2,1-2H3. The largest absolute Gasteiger partial charge is 0.378 e. The Hall–Kier alpha value is -0.870. The maximum Gasteiger partial charge on any atom is 0.0663 e. The molecule has 4 heteroatoms. The van der Waals surface area contributed by atoms with Gasteiger partial charge in [0, 0.05) is 24.8 Å². The van der Waals surface area contributed by atoms with Crippen molar-refractivity contribution in [2.75, 3.05) is 19.8 Å². The van der Waals surface area contributed by atoms with Gasteiger partial charge in [-0.15, -0.1) is 0 Å². The SMILES string of the molecule is CC(C)Cn1cc(C2COCCN2)cn1. The Morgan fingerprint density at radius 1 is 1.67 bits per heavy atom. The quantitative estimate of drug-likeness (QED) is 0.813. The summed E-state index contributed by atoms with van der Waals surface area (Å²) < 4.78 is 7.44. The van der Waals surface area contributed by atoms with Crippen molar-refractivity contribution in [3.05, 3.63) is 18.0 Å². The molecule has 2 heterocycles. The van der Waals surface area contributed by atoms with Crippen LogP contribution < -0.4 is 5.32 Å². The molecule has 15 heavy (non-hydrogen) atoms. The average molecular weight is 209 g/mol. The Labute approximate surface area is 90.6 Å². The predicted octanol–water partition coefficient (Wildman–Crippen LogP) is 1.20. The monoisotopic (exact) mass is 209 g/mol. The summed E-state index contributed by atoms with van der Waals surface area (Å²) in [6, 6.07) is 0.319. The van der Waals surface area contributed by atoms with E-state index in [1.54, 1.807) is 0 Å². The van der Waals surface area contributed by atoms with Gasteiger partial charge < -0.3 is 10.1 Å². The smallest absolute Gasteiger partial charge is 0.0663 e. The molecule has 0 aromatic carbocycles. The second-order valence-corrected chi connectivity index (χ2v) is 4.47. The van der Waals surface area contributed by atoms with E-state index in [9.17, 15) is 0 Å². The molecule has 1 fully saturated rings. The Balaban J connectivity index is 1.99. The molecular weight excluding hydrogens is 190 g/mol. The van der Waals surface area contributed by atoms with Gasteiger partial charge in [-0.25, -0.2) is 0 Å². The molecule has 1 unspecified atom stereocenters. The van der Waals surface area contributed by atoms with E-state index in [-0.39, 0.29) is 0 Å². The average Bonchev–Trinajstić information content (AvgIpc) is 2.67. The third kappa shape index (κ3) is 2.79. The maximum absolute atomic E-state index is 5.43. The van der Waals surface area contributed by atoms with Crippen LogP contribution in [0.5, 0.6) is 0 Å². The molecule has 0 spiro atoms. The van der Waals surface area contributed by atoms with E-state index in [1.807, 2.05) is 10.9 Å². The van der Waals surface area contributed by atoms with Gasteiger partial charge in [0.25, 0.3) is 0 Å². The third-order valence-electron chi connectivity index (χ3n) is 2.53. The van der Waals surface area contributed by atoms with E-state index in [0.29, 0.717) is 12.0 Å². The Bertz CT molecular complexity index is 303. The summed E-state index contributed by atoms with van der Waals surface area (Å²) in [4.78, 5) is 0. The second kappa shape index (κ2) is 4.77. The van der Waals surface area contributed by atoms with E-state index >= 15 is 0 Å². The zero-order valence-corrected chi connectivity index (χ0v) is 9.44. The fraction of sp³-hybridized carbons (Fsp3) is 0.727. The molecular formula is C11H19N3O. The van der Waals surface area contributed by atoms with Gasteiger partial charge in [0.2, 0.25) is 0 Å². The number of aromatic nitrogens is 2. The molecule has 0 saturated carbocycles. The first-order valence-corrected chi connectivity index (χ1v) is 5.59. The Kier molecular flexibility index (Phi) is 3.38. The highest BCUT2D eigenvalue weighted by Gasteiger charge is 2.16. The Morgan fingerprint density at radius 3 is 3.20 bits per heavy atom. The lowest BCUT2D eigenvalue weighted by Crippen LogP contribution is -2.34. The van der Waals surface area contributed by atoms with E-state index < -0.39 is 0 Å². The lowest BCUT2D eigenvalue weighted by molar-refractivity contribution is 0.0768. The van der Waals surface area contributed by atoms with Gasteiger partial charge in [-0.3, -0.25) is 4.68 Å².